The number of ether oxygens (including phenoxy) is 1. The summed E-state index contributed by atoms with van der Waals surface area (Å²) in [5.41, 5.74) is 4.21. The van der Waals surface area contributed by atoms with Gasteiger partial charge in [-0.25, -0.2) is 0 Å². The number of hydrogen-bond donors (Lipinski definition) is 1. The van der Waals surface area contributed by atoms with Gasteiger partial charge in [0, 0.05) is 12.6 Å². The van der Waals surface area contributed by atoms with Crippen molar-refractivity contribution in [1.82, 2.24) is 10.2 Å². The van der Waals surface area contributed by atoms with E-state index in [1.54, 1.807) is 11.8 Å². The van der Waals surface area contributed by atoms with Crippen molar-refractivity contribution in [2.45, 2.75) is 72.0 Å². The fourth-order valence-corrected chi connectivity index (χ4v) is 3.95. The van der Waals surface area contributed by atoms with Crippen molar-refractivity contribution in [3.63, 3.8) is 0 Å². The molecule has 0 aliphatic heterocycles. The Kier molecular flexibility index (Phi) is 7.72. The number of benzene rings is 2. The van der Waals surface area contributed by atoms with Crippen molar-refractivity contribution in [3.05, 3.63) is 64.7 Å². The van der Waals surface area contributed by atoms with E-state index >= 15 is 0 Å². The van der Waals surface area contributed by atoms with E-state index < -0.39 is 6.04 Å². The molecular weight excluding hydrogens is 388 g/mol. The van der Waals surface area contributed by atoms with E-state index in [1.807, 2.05) is 63.2 Å². The normalized spacial score (nSPS) is 14.8. The second kappa shape index (κ2) is 10.5. The van der Waals surface area contributed by atoms with Crippen LogP contribution in [0.25, 0.3) is 0 Å². The molecule has 3 rings (SSSR count). The van der Waals surface area contributed by atoms with Gasteiger partial charge < -0.3 is 15.0 Å². The Labute approximate surface area is 185 Å². The van der Waals surface area contributed by atoms with Crippen LogP contribution >= 0.6 is 0 Å². The maximum atomic E-state index is 13.2. The number of amides is 2. The third-order valence-corrected chi connectivity index (χ3v) is 6.04. The highest BCUT2D eigenvalue weighted by molar-refractivity contribution is 5.88. The third kappa shape index (κ3) is 6.33. The van der Waals surface area contributed by atoms with Gasteiger partial charge in [-0.15, -0.1) is 0 Å². The summed E-state index contributed by atoms with van der Waals surface area (Å²) in [6.07, 6.45) is 4.32. The van der Waals surface area contributed by atoms with E-state index in [0.717, 1.165) is 47.9 Å². The number of hydrogen-bond acceptors (Lipinski definition) is 3. The van der Waals surface area contributed by atoms with E-state index in [9.17, 15) is 9.59 Å². The molecule has 0 aromatic heterocycles. The monoisotopic (exact) mass is 422 g/mol. The summed E-state index contributed by atoms with van der Waals surface area (Å²) in [7, 11) is 0. The fourth-order valence-electron chi connectivity index (χ4n) is 3.95. The van der Waals surface area contributed by atoms with Crippen molar-refractivity contribution >= 4 is 11.8 Å². The van der Waals surface area contributed by atoms with E-state index in [4.69, 9.17) is 4.74 Å². The molecule has 31 heavy (non-hydrogen) atoms. The quantitative estimate of drug-likeness (QED) is 0.683. The van der Waals surface area contributed by atoms with Crippen LogP contribution in [0.15, 0.2) is 42.5 Å². The highest BCUT2D eigenvalue weighted by Crippen LogP contribution is 2.21. The van der Waals surface area contributed by atoms with E-state index in [0.29, 0.717) is 12.3 Å². The molecule has 5 nitrogen and oxygen atoms in total. The summed E-state index contributed by atoms with van der Waals surface area (Å²) in [4.78, 5) is 27.7. The second-order valence-electron chi connectivity index (χ2n) is 8.73. The summed E-state index contributed by atoms with van der Waals surface area (Å²) < 4.78 is 5.86. The molecule has 1 aliphatic rings. The SMILES string of the molecule is Cc1ccc(CN(C(=O)COc2cc(C)ccc2C)[C@@H](C)C(=O)NC2CCCC2)cc1. The average Bonchev–Trinajstić information content (AvgIpc) is 3.26. The van der Waals surface area contributed by atoms with Crippen LogP contribution in [0.1, 0.15) is 54.9 Å². The molecule has 0 unspecified atom stereocenters. The molecule has 5 heteroatoms. The first kappa shape index (κ1) is 22.9. The maximum Gasteiger partial charge on any atom is 0.261 e. The van der Waals surface area contributed by atoms with Crippen molar-refractivity contribution in [2.75, 3.05) is 6.61 Å². The number of carbonyl (C=O) groups excluding carboxylic acids is 2. The fraction of sp³-hybridized carbons (Fsp3) is 0.462. The smallest absolute Gasteiger partial charge is 0.261 e. The molecule has 0 saturated heterocycles. The van der Waals surface area contributed by atoms with Gasteiger partial charge in [-0.3, -0.25) is 9.59 Å². The Morgan fingerprint density at radius 1 is 1.03 bits per heavy atom. The van der Waals surface area contributed by atoms with Crippen LogP contribution in [-0.2, 0) is 16.1 Å². The van der Waals surface area contributed by atoms with Gasteiger partial charge in [0.05, 0.1) is 0 Å². The van der Waals surface area contributed by atoms with E-state index in [2.05, 4.69) is 5.32 Å². The molecule has 0 heterocycles. The minimum Gasteiger partial charge on any atom is -0.483 e. The Balaban J connectivity index is 1.72. The molecule has 2 aromatic rings. The molecule has 1 fully saturated rings. The molecule has 2 aromatic carbocycles. The summed E-state index contributed by atoms with van der Waals surface area (Å²) in [6.45, 7) is 8.05. The molecule has 1 aliphatic carbocycles. The Hall–Kier alpha value is -2.82. The molecule has 2 amide bonds. The Morgan fingerprint density at radius 3 is 2.35 bits per heavy atom. The first-order valence-electron chi connectivity index (χ1n) is 11.2. The van der Waals surface area contributed by atoms with Crippen molar-refractivity contribution in [2.24, 2.45) is 0 Å². The summed E-state index contributed by atoms with van der Waals surface area (Å²) in [5.74, 6) is 0.404. The Bertz CT molecular complexity index is 901. The number of nitrogens with zero attached hydrogens (tertiary/aromatic N) is 1. The zero-order valence-corrected chi connectivity index (χ0v) is 19.1. The molecule has 1 atom stereocenters. The second-order valence-corrected chi connectivity index (χ2v) is 8.73. The van der Waals surface area contributed by atoms with Crippen LogP contribution in [0.4, 0.5) is 0 Å². The van der Waals surface area contributed by atoms with Gasteiger partial charge in [0.25, 0.3) is 5.91 Å². The Morgan fingerprint density at radius 2 is 1.68 bits per heavy atom. The maximum absolute atomic E-state index is 13.2. The van der Waals surface area contributed by atoms with Crippen LogP contribution in [0.5, 0.6) is 5.75 Å². The molecule has 166 valence electrons. The largest absolute Gasteiger partial charge is 0.483 e. The minimum atomic E-state index is -0.573. The van der Waals surface area contributed by atoms with Crippen molar-refractivity contribution in [1.29, 1.82) is 0 Å². The lowest BCUT2D eigenvalue weighted by atomic mass is 10.1. The van der Waals surface area contributed by atoms with Gasteiger partial charge in [-0.1, -0.05) is 54.8 Å². The number of nitrogens with one attached hydrogen (secondary N) is 1. The molecular formula is C26H34N2O3. The van der Waals surface area contributed by atoms with Gasteiger partial charge in [0.1, 0.15) is 11.8 Å². The molecule has 0 radical (unpaired) electrons. The molecule has 1 saturated carbocycles. The average molecular weight is 423 g/mol. The van der Waals surface area contributed by atoms with Gasteiger partial charge in [-0.05, 0) is 63.3 Å². The standard InChI is InChI=1S/C26H34N2O3/c1-18-10-13-22(14-11-18)16-28(21(4)26(30)27-23-7-5-6-8-23)25(29)17-31-24-15-19(2)9-12-20(24)3/h9-15,21,23H,5-8,16-17H2,1-4H3,(H,27,30)/t21-/m0/s1. The van der Waals surface area contributed by atoms with Crippen LogP contribution in [0.3, 0.4) is 0 Å². The highest BCUT2D eigenvalue weighted by Gasteiger charge is 2.28. The predicted molar refractivity (Wildman–Crippen MR) is 123 cm³/mol. The predicted octanol–water partition coefficient (Wildman–Crippen LogP) is 4.47. The zero-order chi connectivity index (χ0) is 22.4. The first-order valence-corrected chi connectivity index (χ1v) is 11.2. The summed E-state index contributed by atoms with van der Waals surface area (Å²) in [5, 5.41) is 3.13. The summed E-state index contributed by atoms with van der Waals surface area (Å²) >= 11 is 0. The lowest BCUT2D eigenvalue weighted by Gasteiger charge is -2.30. The molecule has 0 spiro atoms. The van der Waals surface area contributed by atoms with Crippen LogP contribution in [0, 0.1) is 20.8 Å². The van der Waals surface area contributed by atoms with E-state index in [1.165, 1.54) is 0 Å². The summed E-state index contributed by atoms with van der Waals surface area (Å²) in [6, 6.07) is 13.6. The zero-order valence-electron chi connectivity index (χ0n) is 19.1. The first-order chi connectivity index (χ1) is 14.8. The van der Waals surface area contributed by atoms with Gasteiger partial charge in [0.15, 0.2) is 6.61 Å². The lowest BCUT2D eigenvalue weighted by molar-refractivity contribution is -0.142. The lowest BCUT2D eigenvalue weighted by Crippen LogP contribution is -2.50. The number of carbonyl (C=O) groups is 2. The van der Waals surface area contributed by atoms with Gasteiger partial charge in [-0.2, -0.15) is 0 Å². The van der Waals surface area contributed by atoms with Crippen LogP contribution in [-0.4, -0.2) is 35.4 Å². The number of rotatable bonds is 8. The third-order valence-electron chi connectivity index (χ3n) is 6.04. The number of aryl methyl sites for hydroxylation is 3. The van der Waals surface area contributed by atoms with E-state index in [-0.39, 0.29) is 24.5 Å². The van der Waals surface area contributed by atoms with Crippen LogP contribution < -0.4 is 10.1 Å². The molecule has 0 bridgehead atoms. The minimum absolute atomic E-state index is 0.0981. The van der Waals surface area contributed by atoms with Gasteiger partial charge >= 0.3 is 0 Å². The van der Waals surface area contributed by atoms with Crippen molar-refractivity contribution in [3.8, 4) is 5.75 Å². The van der Waals surface area contributed by atoms with Crippen molar-refractivity contribution < 1.29 is 14.3 Å². The highest BCUT2D eigenvalue weighted by atomic mass is 16.5. The topological polar surface area (TPSA) is 58.6 Å². The molecule has 1 N–H and O–H groups in total. The van der Waals surface area contributed by atoms with Gasteiger partial charge in [0.2, 0.25) is 5.91 Å². The van der Waals surface area contributed by atoms with Crippen LogP contribution in [0.2, 0.25) is 0 Å².